The standard InChI is InChI=1S/C11H15NO2S/c1-8-5-12(7-10(8)11(13)14)6-9-3-2-4-15-9/h2-4,8,10H,5-7H2,1H3,(H,13,14)/t8-,10-/m1/s1. The van der Waals surface area contributed by atoms with Crippen LogP contribution in [0.2, 0.25) is 0 Å². The monoisotopic (exact) mass is 225 g/mol. The van der Waals surface area contributed by atoms with Gasteiger partial charge in [0.25, 0.3) is 0 Å². The van der Waals surface area contributed by atoms with Crippen LogP contribution >= 0.6 is 11.3 Å². The number of carbonyl (C=O) groups is 1. The molecule has 15 heavy (non-hydrogen) atoms. The van der Waals surface area contributed by atoms with Crippen molar-refractivity contribution in [2.75, 3.05) is 13.1 Å². The topological polar surface area (TPSA) is 40.5 Å². The lowest BCUT2D eigenvalue weighted by Gasteiger charge is -2.13. The molecule has 2 heterocycles. The Morgan fingerprint density at radius 1 is 1.67 bits per heavy atom. The fourth-order valence-electron chi connectivity index (χ4n) is 2.14. The number of hydrogen-bond acceptors (Lipinski definition) is 3. The SMILES string of the molecule is C[C@@H]1CN(Cc2cccs2)C[C@H]1C(=O)O. The predicted molar refractivity (Wildman–Crippen MR) is 59.9 cm³/mol. The van der Waals surface area contributed by atoms with Gasteiger partial charge in [-0.15, -0.1) is 11.3 Å². The van der Waals surface area contributed by atoms with E-state index in [2.05, 4.69) is 16.3 Å². The van der Waals surface area contributed by atoms with Crippen LogP contribution in [0, 0.1) is 11.8 Å². The van der Waals surface area contributed by atoms with Crippen molar-refractivity contribution >= 4 is 17.3 Å². The number of nitrogens with zero attached hydrogens (tertiary/aromatic N) is 1. The van der Waals surface area contributed by atoms with Gasteiger partial charge in [0.2, 0.25) is 0 Å². The zero-order valence-electron chi connectivity index (χ0n) is 8.72. The molecule has 1 aliphatic rings. The molecule has 1 aromatic rings. The molecule has 0 spiro atoms. The molecule has 1 aliphatic heterocycles. The van der Waals surface area contributed by atoms with E-state index in [1.54, 1.807) is 11.3 Å². The van der Waals surface area contributed by atoms with Crippen LogP contribution in [0.5, 0.6) is 0 Å². The maximum Gasteiger partial charge on any atom is 0.308 e. The molecule has 0 aromatic carbocycles. The maximum atomic E-state index is 10.9. The highest BCUT2D eigenvalue weighted by Gasteiger charge is 2.34. The third kappa shape index (κ3) is 2.38. The van der Waals surface area contributed by atoms with E-state index in [0.29, 0.717) is 6.54 Å². The van der Waals surface area contributed by atoms with E-state index < -0.39 is 5.97 Å². The number of likely N-dealkylation sites (tertiary alicyclic amines) is 1. The van der Waals surface area contributed by atoms with Crippen LogP contribution in [0.25, 0.3) is 0 Å². The Labute approximate surface area is 93.3 Å². The van der Waals surface area contributed by atoms with E-state index in [1.807, 2.05) is 13.0 Å². The van der Waals surface area contributed by atoms with E-state index in [1.165, 1.54) is 4.88 Å². The minimum Gasteiger partial charge on any atom is -0.481 e. The highest BCUT2D eigenvalue weighted by Crippen LogP contribution is 2.25. The molecule has 0 saturated carbocycles. The Kier molecular flexibility index (Phi) is 3.07. The van der Waals surface area contributed by atoms with Gasteiger partial charge in [0.15, 0.2) is 0 Å². The van der Waals surface area contributed by atoms with Gasteiger partial charge >= 0.3 is 5.97 Å². The third-order valence-corrected chi connectivity index (χ3v) is 3.83. The van der Waals surface area contributed by atoms with Crippen molar-refractivity contribution in [1.82, 2.24) is 4.90 Å². The summed E-state index contributed by atoms with van der Waals surface area (Å²) in [5.74, 6) is -0.580. The molecule has 1 aromatic heterocycles. The lowest BCUT2D eigenvalue weighted by Crippen LogP contribution is -2.22. The summed E-state index contributed by atoms with van der Waals surface area (Å²) >= 11 is 1.73. The van der Waals surface area contributed by atoms with Crippen LogP contribution in [0.4, 0.5) is 0 Å². The van der Waals surface area contributed by atoms with Crippen LogP contribution in [0.15, 0.2) is 17.5 Å². The van der Waals surface area contributed by atoms with Crippen LogP contribution in [0.3, 0.4) is 0 Å². The lowest BCUT2D eigenvalue weighted by molar-refractivity contribution is -0.142. The van der Waals surface area contributed by atoms with Crippen molar-refractivity contribution in [1.29, 1.82) is 0 Å². The second-order valence-electron chi connectivity index (χ2n) is 4.20. The molecule has 2 atom stereocenters. The molecule has 0 amide bonds. The second-order valence-corrected chi connectivity index (χ2v) is 5.23. The van der Waals surface area contributed by atoms with E-state index in [-0.39, 0.29) is 11.8 Å². The number of hydrogen-bond donors (Lipinski definition) is 1. The molecule has 3 nitrogen and oxygen atoms in total. The Bertz CT molecular complexity index is 336. The van der Waals surface area contributed by atoms with Gasteiger partial charge in [0.05, 0.1) is 5.92 Å². The largest absolute Gasteiger partial charge is 0.481 e. The normalized spacial score (nSPS) is 27.0. The van der Waals surface area contributed by atoms with Crippen molar-refractivity contribution in [3.05, 3.63) is 22.4 Å². The van der Waals surface area contributed by atoms with Crippen molar-refractivity contribution in [3.63, 3.8) is 0 Å². The number of aliphatic carboxylic acids is 1. The lowest BCUT2D eigenvalue weighted by atomic mass is 9.99. The zero-order chi connectivity index (χ0) is 10.8. The first-order chi connectivity index (χ1) is 7.16. The van der Waals surface area contributed by atoms with Crippen LogP contribution < -0.4 is 0 Å². The Morgan fingerprint density at radius 2 is 2.47 bits per heavy atom. The Balaban J connectivity index is 1.94. The summed E-state index contributed by atoms with van der Waals surface area (Å²) < 4.78 is 0. The fraction of sp³-hybridized carbons (Fsp3) is 0.545. The van der Waals surface area contributed by atoms with Crippen molar-refractivity contribution in [3.8, 4) is 0 Å². The number of carboxylic acid groups (broad SMARTS) is 1. The minimum absolute atomic E-state index is 0.190. The van der Waals surface area contributed by atoms with Crippen molar-refractivity contribution in [2.24, 2.45) is 11.8 Å². The van der Waals surface area contributed by atoms with Gasteiger partial charge in [0.1, 0.15) is 0 Å². The molecule has 4 heteroatoms. The summed E-state index contributed by atoms with van der Waals surface area (Å²) in [5, 5.41) is 11.1. The van der Waals surface area contributed by atoms with Gasteiger partial charge in [-0.1, -0.05) is 13.0 Å². The van der Waals surface area contributed by atoms with E-state index in [0.717, 1.165) is 13.1 Å². The quantitative estimate of drug-likeness (QED) is 0.854. The minimum atomic E-state index is -0.656. The first kappa shape index (κ1) is 10.6. The van der Waals surface area contributed by atoms with Crippen molar-refractivity contribution < 1.29 is 9.90 Å². The van der Waals surface area contributed by atoms with Gasteiger partial charge in [-0.25, -0.2) is 0 Å². The number of thiophene rings is 1. The molecule has 1 N–H and O–H groups in total. The van der Waals surface area contributed by atoms with E-state index in [4.69, 9.17) is 5.11 Å². The predicted octanol–water partition coefficient (Wildman–Crippen LogP) is 1.90. The molecular weight excluding hydrogens is 210 g/mol. The van der Waals surface area contributed by atoms with Gasteiger partial charge < -0.3 is 5.11 Å². The van der Waals surface area contributed by atoms with Crippen LogP contribution in [0.1, 0.15) is 11.8 Å². The molecular formula is C11H15NO2S. The van der Waals surface area contributed by atoms with Gasteiger partial charge in [-0.2, -0.15) is 0 Å². The summed E-state index contributed by atoms with van der Waals surface area (Å²) in [6, 6.07) is 4.14. The molecule has 0 radical (unpaired) electrons. The summed E-state index contributed by atoms with van der Waals surface area (Å²) in [4.78, 5) is 14.5. The highest BCUT2D eigenvalue weighted by atomic mass is 32.1. The number of rotatable bonds is 3. The third-order valence-electron chi connectivity index (χ3n) is 2.96. The zero-order valence-corrected chi connectivity index (χ0v) is 9.54. The molecule has 0 aliphatic carbocycles. The molecule has 0 bridgehead atoms. The molecule has 0 unspecified atom stereocenters. The van der Waals surface area contributed by atoms with Crippen LogP contribution in [-0.2, 0) is 11.3 Å². The summed E-state index contributed by atoms with van der Waals surface area (Å²) in [6.45, 7) is 4.50. The summed E-state index contributed by atoms with van der Waals surface area (Å²) in [6.07, 6.45) is 0. The van der Waals surface area contributed by atoms with Gasteiger partial charge in [-0.3, -0.25) is 9.69 Å². The van der Waals surface area contributed by atoms with Gasteiger partial charge in [-0.05, 0) is 17.4 Å². The average molecular weight is 225 g/mol. The fourth-order valence-corrected chi connectivity index (χ4v) is 2.89. The van der Waals surface area contributed by atoms with Gasteiger partial charge in [0, 0.05) is 24.5 Å². The molecule has 1 saturated heterocycles. The van der Waals surface area contributed by atoms with E-state index >= 15 is 0 Å². The first-order valence-electron chi connectivity index (χ1n) is 5.14. The molecule has 1 fully saturated rings. The smallest absolute Gasteiger partial charge is 0.308 e. The second kappa shape index (κ2) is 4.33. The van der Waals surface area contributed by atoms with Crippen LogP contribution in [-0.4, -0.2) is 29.1 Å². The highest BCUT2D eigenvalue weighted by molar-refractivity contribution is 7.09. The maximum absolute atomic E-state index is 10.9. The number of carboxylic acids is 1. The summed E-state index contributed by atoms with van der Waals surface area (Å²) in [7, 11) is 0. The Hall–Kier alpha value is -0.870. The molecule has 2 rings (SSSR count). The average Bonchev–Trinajstić information content (AvgIpc) is 2.75. The Morgan fingerprint density at radius 3 is 3.00 bits per heavy atom. The van der Waals surface area contributed by atoms with E-state index in [9.17, 15) is 4.79 Å². The molecule has 82 valence electrons. The first-order valence-corrected chi connectivity index (χ1v) is 6.02. The van der Waals surface area contributed by atoms with Crippen molar-refractivity contribution in [2.45, 2.75) is 13.5 Å². The summed E-state index contributed by atoms with van der Waals surface area (Å²) in [5.41, 5.74) is 0.